The molecule has 0 aliphatic rings. The number of thiazole rings is 1. The SMILES string of the molecule is CCn1c(C)c(-c2ccnc(Nc3ccc(F)cc3)n2)sc1=O. The first kappa shape index (κ1) is 15.4. The van der Waals surface area contributed by atoms with Crippen molar-refractivity contribution in [2.24, 2.45) is 0 Å². The number of anilines is 2. The van der Waals surface area contributed by atoms with E-state index in [1.165, 1.54) is 23.5 Å². The minimum Gasteiger partial charge on any atom is -0.324 e. The lowest BCUT2D eigenvalue weighted by Crippen LogP contribution is -2.12. The fraction of sp³-hybridized carbons (Fsp3) is 0.188. The third kappa shape index (κ3) is 3.14. The Labute approximate surface area is 136 Å². The molecule has 2 heterocycles. The maximum absolute atomic E-state index is 12.9. The highest BCUT2D eigenvalue weighted by Crippen LogP contribution is 2.25. The first-order valence-corrected chi connectivity index (χ1v) is 7.96. The summed E-state index contributed by atoms with van der Waals surface area (Å²) in [6.45, 7) is 4.48. The monoisotopic (exact) mass is 330 g/mol. The van der Waals surface area contributed by atoms with E-state index >= 15 is 0 Å². The van der Waals surface area contributed by atoms with Crippen LogP contribution in [0.2, 0.25) is 0 Å². The summed E-state index contributed by atoms with van der Waals surface area (Å²) in [5, 5.41) is 3.03. The molecule has 0 unspecified atom stereocenters. The van der Waals surface area contributed by atoms with E-state index in [1.807, 2.05) is 13.8 Å². The van der Waals surface area contributed by atoms with Gasteiger partial charge in [0.2, 0.25) is 5.95 Å². The summed E-state index contributed by atoms with van der Waals surface area (Å²) in [4.78, 5) is 21.4. The van der Waals surface area contributed by atoms with Crippen LogP contribution in [0.3, 0.4) is 0 Å². The molecule has 0 saturated heterocycles. The summed E-state index contributed by atoms with van der Waals surface area (Å²) in [5.41, 5.74) is 2.28. The number of benzene rings is 1. The van der Waals surface area contributed by atoms with Crippen molar-refractivity contribution in [3.63, 3.8) is 0 Å². The number of aromatic nitrogens is 3. The number of nitrogens with one attached hydrogen (secondary N) is 1. The van der Waals surface area contributed by atoms with Gasteiger partial charge in [-0.2, -0.15) is 0 Å². The molecule has 0 bridgehead atoms. The van der Waals surface area contributed by atoms with Crippen LogP contribution in [0, 0.1) is 12.7 Å². The van der Waals surface area contributed by atoms with Crippen LogP contribution in [0.1, 0.15) is 12.6 Å². The summed E-state index contributed by atoms with van der Waals surface area (Å²) in [6.07, 6.45) is 1.63. The lowest BCUT2D eigenvalue weighted by molar-refractivity contribution is 0.628. The van der Waals surface area contributed by atoms with E-state index in [9.17, 15) is 9.18 Å². The number of halogens is 1. The fourth-order valence-corrected chi connectivity index (χ4v) is 3.31. The molecule has 7 heteroatoms. The van der Waals surface area contributed by atoms with Gasteiger partial charge in [-0.1, -0.05) is 11.3 Å². The maximum Gasteiger partial charge on any atom is 0.307 e. The molecule has 23 heavy (non-hydrogen) atoms. The Morgan fingerprint density at radius 2 is 2.00 bits per heavy atom. The molecule has 3 rings (SSSR count). The summed E-state index contributed by atoms with van der Waals surface area (Å²) in [6, 6.07) is 7.73. The standard InChI is InChI=1S/C16H15FN4OS/c1-3-21-10(2)14(23-16(21)22)13-8-9-18-15(20-13)19-12-6-4-11(17)5-7-12/h4-9H,3H2,1-2H3,(H,18,19,20). The maximum atomic E-state index is 12.9. The molecule has 0 aliphatic carbocycles. The Kier molecular flexibility index (Phi) is 4.20. The van der Waals surface area contributed by atoms with Crippen LogP contribution in [0.15, 0.2) is 41.3 Å². The molecule has 1 N–H and O–H groups in total. The minimum absolute atomic E-state index is 0.00616. The molecule has 0 atom stereocenters. The van der Waals surface area contributed by atoms with Crippen LogP contribution >= 0.6 is 11.3 Å². The van der Waals surface area contributed by atoms with E-state index in [2.05, 4.69) is 15.3 Å². The van der Waals surface area contributed by atoms with Crippen LogP contribution in [-0.4, -0.2) is 14.5 Å². The highest BCUT2D eigenvalue weighted by molar-refractivity contribution is 7.13. The van der Waals surface area contributed by atoms with E-state index in [0.29, 0.717) is 23.9 Å². The van der Waals surface area contributed by atoms with E-state index < -0.39 is 0 Å². The summed E-state index contributed by atoms with van der Waals surface area (Å²) >= 11 is 1.18. The molecular weight excluding hydrogens is 315 g/mol. The molecule has 2 aromatic heterocycles. The highest BCUT2D eigenvalue weighted by Gasteiger charge is 2.13. The van der Waals surface area contributed by atoms with Crippen LogP contribution in [0.25, 0.3) is 10.6 Å². The molecule has 0 aliphatic heterocycles. The Balaban J connectivity index is 1.94. The first-order valence-electron chi connectivity index (χ1n) is 7.14. The normalized spacial score (nSPS) is 10.7. The highest BCUT2D eigenvalue weighted by atomic mass is 32.1. The zero-order valence-electron chi connectivity index (χ0n) is 12.7. The topological polar surface area (TPSA) is 59.8 Å². The second-order valence-corrected chi connectivity index (χ2v) is 5.89. The average Bonchev–Trinajstić information content (AvgIpc) is 2.84. The van der Waals surface area contributed by atoms with Gasteiger partial charge in [-0.3, -0.25) is 4.79 Å². The van der Waals surface area contributed by atoms with Gasteiger partial charge in [-0.05, 0) is 44.2 Å². The largest absolute Gasteiger partial charge is 0.324 e. The zero-order chi connectivity index (χ0) is 16.4. The molecule has 5 nitrogen and oxygen atoms in total. The average molecular weight is 330 g/mol. The first-order chi connectivity index (χ1) is 11.1. The molecule has 0 radical (unpaired) electrons. The van der Waals surface area contributed by atoms with E-state index in [-0.39, 0.29) is 10.7 Å². The summed E-state index contributed by atoms with van der Waals surface area (Å²) in [7, 11) is 0. The van der Waals surface area contributed by atoms with Gasteiger partial charge in [-0.25, -0.2) is 14.4 Å². The second-order valence-electron chi connectivity index (χ2n) is 4.92. The molecule has 0 saturated carbocycles. The van der Waals surface area contributed by atoms with E-state index in [1.54, 1.807) is 29.0 Å². The molecular formula is C16H15FN4OS. The number of hydrogen-bond acceptors (Lipinski definition) is 5. The zero-order valence-corrected chi connectivity index (χ0v) is 13.5. The molecule has 1 aromatic carbocycles. The molecule has 0 spiro atoms. The number of rotatable bonds is 4. The summed E-state index contributed by atoms with van der Waals surface area (Å²) < 4.78 is 14.7. The van der Waals surface area contributed by atoms with Crippen molar-refractivity contribution in [3.8, 4) is 10.6 Å². The number of nitrogens with zero attached hydrogens (tertiary/aromatic N) is 3. The van der Waals surface area contributed by atoms with Crippen LogP contribution in [-0.2, 0) is 6.54 Å². The fourth-order valence-electron chi connectivity index (χ4n) is 2.29. The van der Waals surface area contributed by atoms with Crippen molar-refractivity contribution in [1.82, 2.24) is 14.5 Å². The van der Waals surface area contributed by atoms with Gasteiger partial charge in [-0.15, -0.1) is 0 Å². The van der Waals surface area contributed by atoms with Gasteiger partial charge < -0.3 is 9.88 Å². The predicted octanol–water partition coefficient (Wildman–Crippen LogP) is 3.58. The Bertz CT molecular complexity index is 886. The Morgan fingerprint density at radius 1 is 1.26 bits per heavy atom. The van der Waals surface area contributed by atoms with Gasteiger partial charge in [0.15, 0.2) is 0 Å². The van der Waals surface area contributed by atoms with Crippen molar-refractivity contribution in [1.29, 1.82) is 0 Å². The van der Waals surface area contributed by atoms with Crippen molar-refractivity contribution >= 4 is 23.0 Å². The second kappa shape index (κ2) is 6.29. The van der Waals surface area contributed by atoms with Gasteiger partial charge in [0.05, 0.1) is 10.6 Å². The van der Waals surface area contributed by atoms with Gasteiger partial charge in [0, 0.05) is 24.1 Å². The predicted molar refractivity (Wildman–Crippen MR) is 89.7 cm³/mol. The molecule has 3 aromatic rings. The smallest absolute Gasteiger partial charge is 0.307 e. The molecule has 0 amide bonds. The lowest BCUT2D eigenvalue weighted by atomic mass is 10.3. The quantitative estimate of drug-likeness (QED) is 0.794. The third-order valence-corrected chi connectivity index (χ3v) is 4.55. The van der Waals surface area contributed by atoms with Gasteiger partial charge in [0.1, 0.15) is 5.82 Å². The Morgan fingerprint density at radius 3 is 2.65 bits per heavy atom. The van der Waals surface area contributed by atoms with E-state index in [0.717, 1.165) is 10.6 Å². The lowest BCUT2D eigenvalue weighted by Gasteiger charge is -2.06. The molecule has 118 valence electrons. The van der Waals surface area contributed by atoms with Crippen LogP contribution in [0.5, 0.6) is 0 Å². The van der Waals surface area contributed by atoms with Crippen LogP contribution < -0.4 is 10.2 Å². The van der Waals surface area contributed by atoms with Crippen LogP contribution in [0.4, 0.5) is 16.0 Å². The molecule has 0 fully saturated rings. The van der Waals surface area contributed by atoms with Crippen molar-refractivity contribution in [2.75, 3.05) is 5.32 Å². The van der Waals surface area contributed by atoms with Gasteiger partial charge >= 0.3 is 4.87 Å². The summed E-state index contributed by atoms with van der Waals surface area (Å²) in [5.74, 6) is 0.101. The van der Waals surface area contributed by atoms with Crippen molar-refractivity contribution in [3.05, 3.63) is 57.7 Å². The van der Waals surface area contributed by atoms with Gasteiger partial charge in [0.25, 0.3) is 0 Å². The van der Waals surface area contributed by atoms with Crippen molar-refractivity contribution in [2.45, 2.75) is 20.4 Å². The third-order valence-electron chi connectivity index (χ3n) is 3.45. The Hall–Kier alpha value is -2.54. The number of hydrogen-bond donors (Lipinski definition) is 1. The minimum atomic E-state index is -0.300. The van der Waals surface area contributed by atoms with Crippen molar-refractivity contribution < 1.29 is 4.39 Å². The van der Waals surface area contributed by atoms with E-state index in [4.69, 9.17) is 0 Å².